The number of para-hydroxylation sites is 1. The van der Waals surface area contributed by atoms with E-state index in [-0.39, 0.29) is 18.3 Å². The molecule has 174 valence electrons. The van der Waals surface area contributed by atoms with Crippen molar-refractivity contribution >= 4 is 10.9 Å². The van der Waals surface area contributed by atoms with Crippen molar-refractivity contribution in [2.45, 2.75) is 44.7 Å². The van der Waals surface area contributed by atoms with Gasteiger partial charge in [-0.1, -0.05) is 18.1 Å². The van der Waals surface area contributed by atoms with Crippen molar-refractivity contribution in [3.05, 3.63) is 62.9 Å². The van der Waals surface area contributed by atoms with E-state index in [1.807, 2.05) is 24.3 Å². The highest BCUT2D eigenvalue weighted by atomic mass is 16.7. The van der Waals surface area contributed by atoms with Crippen molar-refractivity contribution in [3.63, 3.8) is 0 Å². The minimum Gasteiger partial charge on any atom is -0.492 e. The van der Waals surface area contributed by atoms with Crippen molar-refractivity contribution in [2.75, 3.05) is 27.5 Å². The number of methoxy groups -OCH3 is 1. The molecule has 1 N–H and O–H groups in total. The van der Waals surface area contributed by atoms with Crippen LogP contribution in [0.1, 0.15) is 41.3 Å². The second-order valence-electron chi connectivity index (χ2n) is 9.38. The maximum Gasteiger partial charge on any atom is 0.231 e. The summed E-state index contributed by atoms with van der Waals surface area (Å²) in [6, 6.07) is 10.0. The summed E-state index contributed by atoms with van der Waals surface area (Å²) >= 11 is 0. The van der Waals surface area contributed by atoms with E-state index in [4.69, 9.17) is 14.2 Å². The van der Waals surface area contributed by atoms with Crippen molar-refractivity contribution in [1.82, 2.24) is 4.57 Å². The summed E-state index contributed by atoms with van der Waals surface area (Å²) in [7, 11) is 3.87. The smallest absolute Gasteiger partial charge is 0.231 e. The van der Waals surface area contributed by atoms with E-state index in [1.54, 1.807) is 7.11 Å². The lowest BCUT2D eigenvalue weighted by Crippen LogP contribution is -3.10. The second-order valence-corrected chi connectivity index (χ2v) is 9.38. The maximum atomic E-state index is 13.1. The average molecular weight is 458 g/mol. The molecule has 6 rings (SSSR count). The zero-order valence-electron chi connectivity index (χ0n) is 19.7. The molecule has 3 heterocycles. The van der Waals surface area contributed by atoms with Crippen LogP contribution in [0.3, 0.4) is 0 Å². The normalized spacial score (nSPS) is 20.3. The molecule has 0 saturated carbocycles. The minimum absolute atomic E-state index is 0.0188. The second kappa shape index (κ2) is 8.41. The molecular weight excluding hydrogens is 428 g/mol. The highest BCUT2D eigenvalue weighted by molar-refractivity contribution is 5.80. The summed E-state index contributed by atoms with van der Waals surface area (Å²) in [5, 5.41) is 0.796. The Morgan fingerprint density at radius 3 is 2.91 bits per heavy atom. The average Bonchev–Trinajstić information content (AvgIpc) is 3.34. The van der Waals surface area contributed by atoms with Gasteiger partial charge < -0.3 is 23.7 Å². The molecule has 34 heavy (non-hydrogen) atoms. The molecule has 0 bridgehead atoms. The monoisotopic (exact) mass is 457 g/mol. The predicted molar refractivity (Wildman–Crippen MR) is 130 cm³/mol. The van der Waals surface area contributed by atoms with Gasteiger partial charge in [-0.25, -0.2) is 0 Å². The predicted octanol–water partition coefficient (Wildman–Crippen LogP) is 2.43. The van der Waals surface area contributed by atoms with Crippen LogP contribution >= 0.6 is 0 Å². The molecule has 0 saturated heterocycles. The topological polar surface area (TPSA) is 54.1 Å². The number of fused-ring (bicyclic) bond motifs is 4. The largest absolute Gasteiger partial charge is 0.492 e. The van der Waals surface area contributed by atoms with Crippen LogP contribution in [0, 0.1) is 11.8 Å². The SMILES string of the molecule is COc1c2c(cc3c1[C@H](C#CCn1c4c(c(=O)c5ccccc51)CCCC4)[NH+](C)CC3)OCO2. The van der Waals surface area contributed by atoms with Crippen LogP contribution < -0.4 is 24.5 Å². The van der Waals surface area contributed by atoms with Gasteiger partial charge in [0.05, 0.1) is 38.3 Å². The summed E-state index contributed by atoms with van der Waals surface area (Å²) in [5.41, 5.74) is 5.64. The zero-order valence-corrected chi connectivity index (χ0v) is 19.7. The summed E-state index contributed by atoms with van der Waals surface area (Å²) in [6.45, 7) is 1.78. The third-order valence-corrected chi connectivity index (χ3v) is 7.48. The Balaban J connectivity index is 1.43. The molecular formula is C28H29N2O4+. The number of aromatic nitrogens is 1. The molecule has 0 radical (unpaired) electrons. The zero-order chi connectivity index (χ0) is 23.2. The van der Waals surface area contributed by atoms with Gasteiger partial charge in [-0.2, -0.15) is 0 Å². The lowest BCUT2D eigenvalue weighted by molar-refractivity contribution is -0.905. The van der Waals surface area contributed by atoms with Gasteiger partial charge in [-0.15, -0.1) is 0 Å². The number of likely N-dealkylation sites (N-methyl/N-ethyl adjacent to an activating group) is 1. The molecule has 1 unspecified atom stereocenters. The Morgan fingerprint density at radius 2 is 2.03 bits per heavy atom. The van der Waals surface area contributed by atoms with Gasteiger partial charge in [0.1, 0.15) is 0 Å². The standard InChI is InChI=1S/C28H28N2O4/c1-29-15-13-18-16-24-27(34-17-33-24)28(32-2)25(18)23(29)12-7-14-30-21-10-5-3-8-19(21)26(31)20-9-4-6-11-22(20)30/h3,5,8,10,16,23H,4,6,9,11,13-15,17H2,1-2H3/p+1/t23-/m0/s1. The Labute approximate surface area is 199 Å². The lowest BCUT2D eigenvalue weighted by Gasteiger charge is -2.30. The number of quaternary nitrogens is 1. The number of benzene rings is 2. The van der Waals surface area contributed by atoms with Crippen LogP contribution in [0.5, 0.6) is 17.2 Å². The fourth-order valence-corrected chi connectivity index (χ4v) is 5.77. The van der Waals surface area contributed by atoms with E-state index < -0.39 is 0 Å². The highest BCUT2D eigenvalue weighted by Crippen LogP contribution is 2.47. The molecule has 2 aromatic carbocycles. The number of hydrogen-bond donors (Lipinski definition) is 1. The van der Waals surface area contributed by atoms with Gasteiger partial charge in [0.25, 0.3) is 0 Å². The summed E-state index contributed by atoms with van der Waals surface area (Å²) in [4.78, 5) is 14.4. The van der Waals surface area contributed by atoms with Crippen molar-refractivity contribution in [2.24, 2.45) is 0 Å². The molecule has 0 fully saturated rings. The Morgan fingerprint density at radius 1 is 1.18 bits per heavy atom. The van der Waals surface area contributed by atoms with Crippen LogP contribution in [0.15, 0.2) is 35.1 Å². The summed E-state index contributed by atoms with van der Waals surface area (Å²) < 4.78 is 19.5. The van der Waals surface area contributed by atoms with Gasteiger partial charge in [-0.05, 0) is 55.4 Å². The highest BCUT2D eigenvalue weighted by Gasteiger charge is 2.35. The Kier molecular flexibility index (Phi) is 5.23. The van der Waals surface area contributed by atoms with E-state index >= 15 is 0 Å². The molecule has 1 aliphatic carbocycles. The fraction of sp³-hybridized carbons (Fsp3) is 0.393. The third-order valence-electron chi connectivity index (χ3n) is 7.48. The van der Waals surface area contributed by atoms with Crippen molar-refractivity contribution in [3.8, 4) is 29.1 Å². The summed E-state index contributed by atoms with van der Waals surface area (Å²) in [6.07, 6.45) is 4.94. The molecule has 2 atom stereocenters. The number of hydrogen-bond acceptors (Lipinski definition) is 4. The number of nitrogens with one attached hydrogen (secondary N) is 1. The van der Waals surface area contributed by atoms with Crippen molar-refractivity contribution < 1.29 is 19.1 Å². The molecule has 6 nitrogen and oxygen atoms in total. The number of rotatable bonds is 2. The first-order chi connectivity index (χ1) is 16.7. The molecule has 0 spiro atoms. The first-order valence-corrected chi connectivity index (χ1v) is 12.1. The molecule has 1 aromatic heterocycles. The van der Waals surface area contributed by atoms with Gasteiger partial charge in [0.2, 0.25) is 12.5 Å². The van der Waals surface area contributed by atoms with Gasteiger partial charge in [0.15, 0.2) is 23.0 Å². The first kappa shape index (κ1) is 21.1. The van der Waals surface area contributed by atoms with E-state index in [0.29, 0.717) is 12.3 Å². The minimum atomic E-state index is -0.0188. The molecule has 3 aliphatic rings. The molecule has 6 heteroatoms. The van der Waals surface area contributed by atoms with Gasteiger partial charge in [0, 0.05) is 23.1 Å². The number of pyridine rings is 1. The number of ether oxygens (including phenoxy) is 3. The van der Waals surface area contributed by atoms with Crippen LogP contribution in [0.2, 0.25) is 0 Å². The quantitative estimate of drug-likeness (QED) is 0.601. The van der Waals surface area contributed by atoms with E-state index in [2.05, 4.69) is 29.5 Å². The van der Waals surface area contributed by atoms with Crippen molar-refractivity contribution in [1.29, 1.82) is 0 Å². The van der Waals surface area contributed by atoms with Gasteiger partial charge in [-0.3, -0.25) is 4.79 Å². The first-order valence-electron chi connectivity index (χ1n) is 12.1. The molecule has 0 amide bonds. The maximum absolute atomic E-state index is 13.1. The van der Waals surface area contributed by atoms with Gasteiger partial charge >= 0.3 is 0 Å². The van der Waals surface area contributed by atoms with E-state index in [1.165, 1.54) is 10.5 Å². The van der Waals surface area contributed by atoms with Crippen LogP contribution in [0.25, 0.3) is 10.9 Å². The van der Waals surface area contributed by atoms with Crippen LogP contribution in [-0.2, 0) is 25.8 Å². The molecule has 3 aromatic rings. The van der Waals surface area contributed by atoms with Crippen LogP contribution in [-0.4, -0.2) is 32.1 Å². The Hall–Kier alpha value is -3.43. The molecule has 2 aliphatic heterocycles. The third kappa shape index (κ3) is 3.26. The fourth-order valence-electron chi connectivity index (χ4n) is 5.77. The Bertz CT molecular complexity index is 1410. The number of nitrogens with zero attached hydrogens (tertiary/aromatic N) is 1. The van der Waals surface area contributed by atoms with E-state index in [0.717, 1.165) is 77.9 Å². The van der Waals surface area contributed by atoms with E-state index in [9.17, 15) is 4.79 Å². The lowest BCUT2D eigenvalue weighted by atomic mass is 9.91. The summed E-state index contributed by atoms with van der Waals surface area (Å²) in [5.74, 6) is 9.24. The van der Waals surface area contributed by atoms with Crippen LogP contribution in [0.4, 0.5) is 0 Å².